The molecule has 29 aromatic carbocycles. The average molecular weight is 868 g/mol. The minimum absolute atomic E-state index is 0.393. The molecule has 0 fully saturated rings. The minimum atomic E-state index is -0.454. The van der Waals surface area contributed by atoms with Crippen molar-refractivity contribution in [3.8, 4) is 0 Å². The zero-order chi connectivity index (χ0) is 42.2. The highest BCUT2D eigenvalue weighted by molar-refractivity contribution is 6.82. The second-order valence-corrected chi connectivity index (χ2v) is 26.4. The number of aryl methyl sites for hydroxylation is 1. The molecule has 1 heterocycles. The third-order valence-corrected chi connectivity index (χ3v) is 25.9. The molecule has 0 unspecified atom stereocenters. The van der Waals surface area contributed by atoms with Crippen molar-refractivity contribution in [1.82, 2.24) is 0 Å². The van der Waals surface area contributed by atoms with Crippen LogP contribution in [0.25, 0.3) is 291 Å². The number of anilines is 1. The van der Waals surface area contributed by atoms with Gasteiger partial charge in [0.05, 0.1) is 5.41 Å². The Hall–Kier alpha value is -8.52. The summed E-state index contributed by atoms with van der Waals surface area (Å²) in [5.74, 6) is 0. The van der Waals surface area contributed by atoms with Gasteiger partial charge in [0.15, 0.2) is 0 Å². The maximum atomic E-state index is 4.88. The summed E-state index contributed by atoms with van der Waals surface area (Å²) in [6.45, 7) is 2.38. The summed E-state index contributed by atoms with van der Waals surface area (Å²) in [6.07, 6.45) is 3.59. The smallest absolute Gasteiger partial charge is 0.109 e. The molecule has 1 aliphatic heterocycles. The van der Waals surface area contributed by atoms with Gasteiger partial charge >= 0.3 is 0 Å². The highest BCUT2D eigenvalue weighted by Crippen LogP contribution is 2.86. The van der Waals surface area contributed by atoms with E-state index >= 15 is 0 Å². The molecule has 1 heteroatoms. The number of fused-ring (bicyclic) bond motifs is 1. The van der Waals surface area contributed by atoms with E-state index < -0.39 is 11.0 Å². The van der Waals surface area contributed by atoms with Crippen molar-refractivity contribution in [3.63, 3.8) is 0 Å². The monoisotopic (exact) mass is 867 g/mol. The Kier molecular flexibility index (Phi) is 2.24. The zero-order valence-corrected chi connectivity index (χ0v) is 36.9. The van der Waals surface area contributed by atoms with Gasteiger partial charge in [0, 0.05) is 16.8 Å². The van der Waals surface area contributed by atoms with Crippen LogP contribution in [0.4, 0.5) is 5.69 Å². The molecule has 298 valence electrons. The third kappa shape index (κ3) is 1.41. The first kappa shape index (κ1) is 26.5. The molecule has 0 aromatic heterocycles. The Morgan fingerprint density at radius 1 is 0.282 bits per heavy atom. The lowest BCUT2D eigenvalue weighted by molar-refractivity contribution is 0.454. The van der Waals surface area contributed by atoms with Gasteiger partial charge < -0.3 is 5.32 Å². The normalized spacial score (nSPS) is 22.0. The van der Waals surface area contributed by atoms with Gasteiger partial charge in [-0.1, -0.05) is 25.5 Å². The van der Waals surface area contributed by atoms with Crippen LogP contribution in [-0.4, -0.2) is 0 Å². The number of benzene rings is 19. The van der Waals surface area contributed by atoms with Gasteiger partial charge in [-0.3, -0.25) is 0 Å². The molecule has 0 bridgehead atoms. The van der Waals surface area contributed by atoms with E-state index in [-0.39, 0.29) is 0 Å². The van der Waals surface area contributed by atoms with Gasteiger partial charge in [-0.25, -0.2) is 0 Å². The van der Waals surface area contributed by atoms with E-state index in [1.165, 1.54) is 24.1 Å². The van der Waals surface area contributed by atoms with Crippen LogP contribution in [-0.2, 0) is 17.4 Å². The van der Waals surface area contributed by atoms with E-state index in [1.807, 2.05) is 0 Å². The maximum absolute atomic E-state index is 4.88. The van der Waals surface area contributed by atoms with Crippen molar-refractivity contribution in [2.45, 2.75) is 37.1 Å². The average Bonchev–Trinajstić information content (AvgIpc) is 4.24. The zero-order valence-electron chi connectivity index (χ0n) is 36.9. The molecule has 0 saturated carbocycles. The van der Waals surface area contributed by atoms with Crippen LogP contribution in [0.5, 0.6) is 0 Å². The van der Waals surface area contributed by atoms with Crippen LogP contribution in [0.15, 0.2) is 18.2 Å². The molecule has 1 nitrogen and oxygen atoms in total. The Morgan fingerprint density at radius 3 is 0.746 bits per heavy atom. The van der Waals surface area contributed by atoms with Crippen molar-refractivity contribution in [1.29, 1.82) is 0 Å². The summed E-state index contributed by atoms with van der Waals surface area (Å²) in [5, 5.41) is 94.7. The van der Waals surface area contributed by atoms with Crippen molar-refractivity contribution in [3.05, 3.63) is 51.6 Å². The first-order chi connectivity index (χ1) is 35.4. The summed E-state index contributed by atoms with van der Waals surface area (Å²) < 4.78 is 0. The van der Waals surface area contributed by atoms with Gasteiger partial charge in [-0.2, -0.15) is 0 Å². The molecule has 0 radical (unpaired) electrons. The maximum Gasteiger partial charge on any atom is 0.109 e. The van der Waals surface area contributed by atoms with E-state index in [9.17, 15) is 0 Å². The number of unbranched alkanes of at least 4 members (excludes halogenated alkanes) is 1. The van der Waals surface area contributed by atoms with E-state index in [2.05, 4.69) is 25.1 Å². The van der Waals surface area contributed by atoms with Crippen LogP contribution >= 0.6 is 0 Å². The molecular formula is C70H13N. The van der Waals surface area contributed by atoms with Crippen molar-refractivity contribution in [2.24, 2.45) is 0 Å². The van der Waals surface area contributed by atoms with E-state index in [1.54, 1.807) is 319 Å². The lowest BCUT2D eigenvalue weighted by Gasteiger charge is -2.50. The summed E-state index contributed by atoms with van der Waals surface area (Å²) in [6, 6.07) is 7.92. The van der Waals surface area contributed by atoms with Crippen LogP contribution < -0.4 is 5.32 Å². The van der Waals surface area contributed by atoms with Crippen molar-refractivity contribution < 1.29 is 0 Å². The number of rotatable bonds is 3. The molecule has 4 aliphatic carbocycles. The Morgan fingerprint density at radius 2 is 0.507 bits per heavy atom. The topological polar surface area (TPSA) is 12.0 Å². The number of hydrogen-bond acceptors (Lipinski definition) is 1. The molecule has 71 heavy (non-hydrogen) atoms. The molecule has 0 amide bonds. The van der Waals surface area contributed by atoms with Gasteiger partial charge in [0.1, 0.15) is 5.54 Å². The summed E-state index contributed by atoms with van der Waals surface area (Å²) >= 11 is 0. The van der Waals surface area contributed by atoms with Crippen LogP contribution in [0, 0.1) is 0 Å². The Bertz CT molecular complexity index is 7240. The Balaban J connectivity index is 1.16. The van der Waals surface area contributed by atoms with E-state index in [4.69, 9.17) is 5.32 Å². The molecule has 0 atom stereocenters. The summed E-state index contributed by atoms with van der Waals surface area (Å²) in [4.78, 5) is 0. The van der Waals surface area contributed by atoms with Crippen molar-refractivity contribution in [2.75, 3.05) is 5.32 Å². The second kappa shape index (κ2) is 6.01. The molecule has 34 rings (SSSR count). The molecular weight excluding hydrogens is 855 g/mol. The SMILES string of the molecule is CCCCc1ccc2c(c1)C13c4c5c6c7c8c9c(c%10c%11c1c1c4c4c%12c5c5c6c6c8c8c%13c9c9c%10c%10c%11c%11c1c1c4c4c%12c%12c5c5c6c8c6c8c%13c9c9c%10c%10c%11c1c1c4c4c%12c5c6c5c8c9c%10c1c45)C73N2. The lowest BCUT2D eigenvalue weighted by atomic mass is 9.52. The summed E-state index contributed by atoms with van der Waals surface area (Å²) in [7, 11) is 0. The van der Waals surface area contributed by atoms with Crippen molar-refractivity contribution >= 4 is 297 Å². The molecule has 1 N–H and O–H groups in total. The highest BCUT2D eigenvalue weighted by Gasteiger charge is 2.73. The third-order valence-electron chi connectivity index (χ3n) is 25.9. The summed E-state index contributed by atoms with van der Waals surface area (Å²) in [5.41, 5.74) is 10.5. The standard InChI is InChI=1S/C70H13N/c1-2-3-4-8-5-6-10-9(7-8)69-65-57-49-39-29-21-13-11-12-15-19-17(13)25-33-27(19)37-31-23(15)24-16(12)20-18-14(11)22(21)30-36-26(18)34-28(20)38-32(24)42-41(31)53-47(37)55-45(33)51(43(49)35(25)29)59(65)61(55)67-63(53)64-54(42)48(38)56-46(34)52-44(36)50(40(30)39)58(57)66(69)60(52)62(56)68(64)70(67,69)71-10/h5-7,71H,2-4H2,1H3. The fraction of sp³-hybridized carbons (Fsp3) is 0.0857. The van der Waals surface area contributed by atoms with Crippen LogP contribution in [0.3, 0.4) is 0 Å². The Labute approximate surface area is 388 Å². The fourth-order valence-electron chi connectivity index (χ4n) is 25.7. The molecule has 29 aromatic rings. The predicted molar refractivity (Wildman–Crippen MR) is 302 cm³/mol. The quantitative estimate of drug-likeness (QED) is 0.175. The van der Waals surface area contributed by atoms with Gasteiger partial charge in [-0.15, -0.1) is 0 Å². The number of hydrogen-bond donors (Lipinski definition) is 1. The van der Waals surface area contributed by atoms with E-state index in [0.29, 0.717) is 0 Å². The highest BCUT2D eigenvalue weighted by atomic mass is 15.1. The van der Waals surface area contributed by atoms with Gasteiger partial charge in [-0.05, 0) is 332 Å². The molecule has 5 aliphatic rings. The van der Waals surface area contributed by atoms with E-state index in [0.717, 1.165) is 6.42 Å². The lowest BCUT2D eigenvalue weighted by Crippen LogP contribution is -2.53. The minimum Gasteiger partial charge on any atom is -0.370 e. The van der Waals surface area contributed by atoms with Gasteiger partial charge in [0.2, 0.25) is 0 Å². The molecule has 2 spiro atoms. The number of nitrogens with one attached hydrogen (secondary N) is 1. The first-order valence-corrected chi connectivity index (χ1v) is 27.0. The largest absolute Gasteiger partial charge is 0.370 e. The van der Waals surface area contributed by atoms with Gasteiger partial charge in [0.25, 0.3) is 0 Å². The second-order valence-electron chi connectivity index (χ2n) is 26.4. The van der Waals surface area contributed by atoms with Crippen LogP contribution in [0.1, 0.15) is 53.1 Å². The fourth-order valence-corrected chi connectivity index (χ4v) is 25.7. The van der Waals surface area contributed by atoms with Crippen LogP contribution in [0.2, 0.25) is 0 Å². The first-order valence-electron chi connectivity index (χ1n) is 27.0. The molecule has 0 saturated heterocycles. The predicted octanol–water partition coefficient (Wildman–Crippen LogP) is 19.1.